The first-order valence-corrected chi connectivity index (χ1v) is 4.86. The molecule has 2 rings (SSSR count). The lowest BCUT2D eigenvalue weighted by molar-refractivity contribution is 0.429. The standard InChI is InChI=1S/C10H13N3O2/c1-11-7-10-13-12-9(15-10)5-4-8-3-2-6-14-8/h2-3,6,11H,4-5,7H2,1H3. The number of aryl methyl sites for hydroxylation is 2. The maximum atomic E-state index is 5.40. The number of hydrogen-bond acceptors (Lipinski definition) is 5. The van der Waals surface area contributed by atoms with Crippen molar-refractivity contribution in [1.29, 1.82) is 0 Å². The molecule has 1 N–H and O–H groups in total. The van der Waals surface area contributed by atoms with Gasteiger partial charge in [0.1, 0.15) is 5.76 Å². The Hall–Kier alpha value is -1.62. The Kier molecular flexibility index (Phi) is 3.14. The zero-order valence-electron chi connectivity index (χ0n) is 8.56. The van der Waals surface area contributed by atoms with Gasteiger partial charge in [-0.2, -0.15) is 0 Å². The van der Waals surface area contributed by atoms with Crippen molar-refractivity contribution < 1.29 is 8.83 Å². The largest absolute Gasteiger partial charge is 0.469 e. The van der Waals surface area contributed by atoms with E-state index in [0.29, 0.717) is 24.7 Å². The van der Waals surface area contributed by atoms with Gasteiger partial charge in [0.25, 0.3) is 0 Å². The van der Waals surface area contributed by atoms with Crippen molar-refractivity contribution in [3.63, 3.8) is 0 Å². The Bertz CT molecular complexity index is 394. The summed E-state index contributed by atoms with van der Waals surface area (Å²) in [5, 5.41) is 10.8. The highest BCUT2D eigenvalue weighted by Crippen LogP contribution is 2.06. The summed E-state index contributed by atoms with van der Waals surface area (Å²) in [7, 11) is 1.84. The van der Waals surface area contributed by atoms with Gasteiger partial charge in [0.2, 0.25) is 11.8 Å². The van der Waals surface area contributed by atoms with E-state index in [1.54, 1.807) is 6.26 Å². The van der Waals surface area contributed by atoms with Crippen LogP contribution in [0, 0.1) is 0 Å². The molecule has 0 fully saturated rings. The van der Waals surface area contributed by atoms with Gasteiger partial charge in [-0.15, -0.1) is 10.2 Å². The third-order valence-electron chi connectivity index (χ3n) is 2.00. The highest BCUT2D eigenvalue weighted by Gasteiger charge is 2.05. The number of hydrogen-bond donors (Lipinski definition) is 1. The number of nitrogens with one attached hydrogen (secondary N) is 1. The van der Waals surface area contributed by atoms with Gasteiger partial charge in [0.05, 0.1) is 12.8 Å². The Morgan fingerprint density at radius 2 is 2.13 bits per heavy atom. The second-order valence-electron chi connectivity index (χ2n) is 3.20. The van der Waals surface area contributed by atoms with Gasteiger partial charge >= 0.3 is 0 Å². The molecule has 5 heteroatoms. The summed E-state index contributed by atoms with van der Waals surface area (Å²) < 4.78 is 10.6. The quantitative estimate of drug-likeness (QED) is 0.797. The van der Waals surface area contributed by atoms with Crippen LogP contribution in [-0.4, -0.2) is 17.2 Å². The van der Waals surface area contributed by atoms with Crippen molar-refractivity contribution in [3.8, 4) is 0 Å². The van der Waals surface area contributed by atoms with E-state index in [4.69, 9.17) is 8.83 Å². The van der Waals surface area contributed by atoms with Crippen LogP contribution in [-0.2, 0) is 19.4 Å². The van der Waals surface area contributed by atoms with Crippen molar-refractivity contribution in [2.24, 2.45) is 0 Å². The molecule has 80 valence electrons. The van der Waals surface area contributed by atoms with Crippen LogP contribution in [0.5, 0.6) is 0 Å². The molecule has 0 amide bonds. The molecule has 0 aromatic carbocycles. The molecule has 0 bridgehead atoms. The van der Waals surface area contributed by atoms with Crippen LogP contribution in [0.1, 0.15) is 17.5 Å². The minimum absolute atomic E-state index is 0.605. The fourth-order valence-corrected chi connectivity index (χ4v) is 1.30. The van der Waals surface area contributed by atoms with E-state index in [1.165, 1.54) is 0 Å². The fraction of sp³-hybridized carbons (Fsp3) is 0.400. The zero-order valence-corrected chi connectivity index (χ0v) is 8.56. The van der Waals surface area contributed by atoms with Crippen LogP contribution in [0.2, 0.25) is 0 Å². The molecule has 0 aliphatic rings. The Balaban J connectivity index is 1.88. The van der Waals surface area contributed by atoms with Crippen LogP contribution in [0.15, 0.2) is 27.2 Å². The van der Waals surface area contributed by atoms with Gasteiger partial charge in [-0.05, 0) is 19.2 Å². The van der Waals surface area contributed by atoms with Gasteiger partial charge in [0, 0.05) is 12.8 Å². The van der Waals surface area contributed by atoms with E-state index in [-0.39, 0.29) is 0 Å². The molecule has 0 saturated carbocycles. The first-order valence-electron chi connectivity index (χ1n) is 4.86. The summed E-state index contributed by atoms with van der Waals surface area (Å²) >= 11 is 0. The predicted molar refractivity (Wildman–Crippen MR) is 53.2 cm³/mol. The fourth-order valence-electron chi connectivity index (χ4n) is 1.30. The average Bonchev–Trinajstić information content (AvgIpc) is 2.85. The van der Waals surface area contributed by atoms with E-state index >= 15 is 0 Å². The first-order chi connectivity index (χ1) is 7.38. The molecule has 0 unspecified atom stereocenters. The lowest BCUT2D eigenvalue weighted by Crippen LogP contribution is -2.04. The first kappa shape index (κ1) is 9.92. The minimum Gasteiger partial charge on any atom is -0.469 e. The van der Waals surface area contributed by atoms with Crippen LogP contribution in [0.25, 0.3) is 0 Å². The van der Waals surface area contributed by atoms with Gasteiger partial charge in [-0.3, -0.25) is 0 Å². The number of furan rings is 1. The van der Waals surface area contributed by atoms with E-state index in [1.807, 2.05) is 19.2 Å². The summed E-state index contributed by atoms with van der Waals surface area (Å²) in [5.41, 5.74) is 0. The highest BCUT2D eigenvalue weighted by atomic mass is 16.4. The van der Waals surface area contributed by atoms with E-state index in [0.717, 1.165) is 12.2 Å². The van der Waals surface area contributed by atoms with Gasteiger partial charge in [-0.1, -0.05) is 0 Å². The number of nitrogens with zero attached hydrogens (tertiary/aromatic N) is 2. The lowest BCUT2D eigenvalue weighted by atomic mass is 10.2. The molecular formula is C10H13N3O2. The maximum absolute atomic E-state index is 5.40. The molecule has 0 aliphatic carbocycles. The van der Waals surface area contributed by atoms with Crippen LogP contribution in [0.4, 0.5) is 0 Å². The molecule has 0 radical (unpaired) electrons. The zero-order chi connectivity index (χ0) is 10.5. The van der Waals surface area contributed by atoms with E-state index in [9.17, 15) is 0 Å². The Morgan fingerprint density at radius 3 is 2.87 bits per heavy atom. The van der Waals surface area contributed by atoms with Crippen molar-refractivity contribution in [2.75, 3.05) is 7.05 Å². The third kappa shape index (κ3) is 2.66. The topological polar surface area (TPSA) is 64.1 Å². The van der Waals surface area contributed by atoms with E-state index < -0.39 is 0 Å². The minimum atomic E-state index is 0.605. The number of rotatable bonds is 5. The second kappa shape index (κ2) is 4.75. The second-order valence-corrected chi connectivity index (χ2v) is 3.20. The van der Waals surface area contributed by atoms with Crippen molar-refractivity contribution >= 4 is 0 Å². The molecule has 2 aromatic heterocycles. The molecule has 0 spiro atoms. The summed E-state index contributed by atoms with van der Waals surface area (Å²) in [6, 6.07) is 3.81. The summed E-state index contributed by atoms with van der Waals surface area (Å²) in [6.45, 7) is 0.605. The molecule has 2 heterocycles. The number of aromatic nitrogens is 2. The molecule has 0 saturated heterocycles. The summed E-state index contributed by atoms with van der Waals surface area (Å²) in [6.07, 6.45) is 3.16. The van der Waals surface area contributed by atoms with Gasteiger partial charge in [0.15, 0.2) is 0 Å². The van der Waals surface area contributed by atoms with Crippen molar-refractivity contribution in [3.05, 3.63) is 35.9 Å². The Morgan fingerprint density at radius 1 is 1.27 bits per heavy atom. The van der Waals surface area contributed by atoms with Crippen LogP contribution >= 0.6 is 0 Å². The molecule has 0 aliphatic heterocycles. The monoisotopic (exact) mass is 207 g/mol. The van der Waals surface area contributed by atoms with Gasteiger partial charge in [-0.25, -0.2) is 0 Å². The molecular weight excluding hydrogens is 194 g/mol. The smallest absolute Gasteiger partial charge is 0.230 e. The lowest BCUT2D eigenvalue weighted by Gasteiger charge is -1.92. The SMILES string of the molecule is CNCc1nnc(CCc2ccco2)o1. The van der Waals surface area contributed by atoms with Crippen LogP contribution < -0.4 is 5.32 Å². The highest BCUT2D eigenvalue weighted by molar-refractivity contribution is 4.99. The molecule has 15 heavy (non-hydrogen) atoms. The van der Waals surface area contributed by atoms with Crippen molar-refractivity contribution in [1.82, 2.24) is 15.5 Å². The van der Waals surface area contributed by atoms with E-state index in [2.05, 4.69) is 15.5 Å². The summed E-state index contributed by atoms with van der Waals surface area (Å²) in [5.74, 6) is 2.20. The maximum Gasteiger partial charge on any atom is 0.230 e. The van der Waals surface area contributed by atoms with Gasteiger partial charge < -0.3 is 14.2 Å². The molecule has 2 aromatic rings. The van der Waals surface area contributed by atoms with Crippen LogP contribution in [0.3, 0.4) is 0 Å². The predicted octanol–water partition coefficient (Wildman–Crippen LogP) is 1.17. The Labute approximate surface area is 87.5 Å². The normalized spacial score (nSPS) is 10.7. The summed E-state index contributed by atoms with van der Waals surface area (Å²) in [4.78, 5) is 0. The third-order valence-corrected chi connectivity index (χ3v) is 2.00. The molecule has 5 nitrogen and oxygen atoms in total. The van der Waals surface area contributed by atoms with Crippen molar-refractivity contribution in [2.45, 2.75) is 19.4 Å². The average molecular weight is 207 g/mol. The molecule has 0 atom stereocenters.